The summed E-state index contributed by atoms with van der Waals surface area (Å²) in [7, 11) is 1.55. The van der Waals surface area contributed by atoms with Gasteiger partial charge in [0.25, 0.3) is 0 Å². The Hall–Kier alpha value is -4.27. The minimum Gasteiger partial charge on any atom is -0.497 e. The van der Waals surface area contributed by atoms with Crippen LogP contribution in [-0.4, -0.2) is 40.0 Å². The fourth-order valence-electron chi connectivity index (χ4n) is 5.04. The van der Waals surface area contributed by atoms with Gasteiger partial charge < -0.3 is 10.1 Å². The van der Waals surface area contributed by atoms with Crippen molar-refractivity contribution in [3.05, 3.63) is 84.2 Å². The van der Waals surface area contributed by atoms with Gasteiger partial charge in [-0.05, 0) is 55.3 Å². The van der Waals surface area contributed by atoms with Crippen molar-refractivity contribution in [1.29, 1.82) is 0 Å². The number of carbonyl (C=O) groups excluding carboxylic acids is 2. The number of rotatable bonds is 8. The van der Waals surface area contributed by atoms with Gasteiger partial charge in [-0.1, -0.05) is 54.8 Å². The van der Waals surface area contributed by atoms with Crippen molar-refractivity contribution < 1.29 is 18.7 Å². The Morgan fingerprint density at radius 1 is 1.03 bits per heavy atom. The number of methoxy groups -OCH3 is 1. The molecule has 0 aliphatic heterocycles. The number of benzene rings is 3. The number of amides is 2. The molecular formula is C29H30FN5O3. The summed E-state index contributed by atoms with van der Waals surface area (Å²) in [4.78, 5) is 29.3. The Bertz CT molecular complexity index is 1420. The van der Waals surface area contributed by atoms with Crippen molar-refractivity contribution in [3.8, 4) is 5.75 Å². The zero-order chi connectivity index (χ0) is 26.5. The third-order valence-corrected chi connectivity index (χ3v) is 6.98. The predicted molar refractivity (Wildman–Crippen MR) is 142 cm³/mol. The molecule has 0 bridgehead atoms. The molecule has 2 amide bonds. The van der Waals surface area contributed by atoms with Crippen molar-refractivity contribution >= 4 is 28.5 Å². The lowest BCUT2D eigenvalue weighted by Gasteiger charge is -2.33. The first-order chi connectivity index (χ1) is 18.5. The molecule has 38 heavy (non-hydrogen) atoms. The number of ether oxygens (including phenoxy) is 1. The number of fused-ring (bicyclic) bond motifs is 1. The second kappa shape index (κ2) is 11.4. The number of nitrogens with one attached hydrogen (secondary N) is 1. The largest absolute Gasteiger partial charge is 0.497 e. The van der Waals surface area contributed by atoms with Gasteiger partial charge in [-0.25, -0.2) is 9.07 Å². The molecule has 1 saturated carbocycles. The molecule has 8 nitrogen and oxygen atoms in total. The van der Waals surface area contributed by atoms with Gasteiger partial charge in [0.05, 0.1) is 12.6 Å². The van der Waals surface area contributed by atoms with Gasteiger partial charge >= 0.3 is 0 Å². The molecular weight excluding hydrogens is 485 g/mol. The van der Waals surface area contributed by atoms with E-state index in [1.807, 2.05) is 24.3 Å². The minimum atomic E-state index is -1.23. The van der Waals surface area contributed by atoms with Gasteiger partial charge in [-0.2, -0.15) is 0 Å². The Morgan fingerprint density at radius 3 is 2.47 bits per heavy atom. The SMILES string of the molecule is COc1ccc(N(C(=O)Cn2nnc3ccccc32)C(C(=O)NC2CCCCC2)c2ccccc2F)cc1. The number of hydrogen-bond donors (Lipinski definition) is 1. The lowest BCUT2D eigenvalue weighted by Crippen LogP contribution is -2.48. The molecule has 1 atom stereocenters. The van der Waals surface area contributed by atoms with Crippen molar-refractivity contribution in [1.82, 2.24) is 20.3 Å². The van der Waals surface area contributed by atoms with Crippen LogP contribution in [0.5, 0.6) is 5.75 Å². The Labute approximate surface area is 220 Å². The summed E-state index contributed by atoms with van der Waals surface area (Å²) in [6.45, 7) is -0.186. The number of aromatic nitrogens is 3. The molecule has 5 rings (SSSR count). The van der Waals surface area contributed by atoms with E-state index in [-0.39, 0.29) is 18.2 Å². The van der Waals surface area contributed by atoms with E-state index in [1.54, 1.807) is 49.6 Å². The maximum Gasteiger partial charge on any atom is 0.249 e. The van der Waals surface area contributed by atoms with Crippen LogP contribution < -0.4 is 15.0 Å². The average Bonchev–Trinajstić information content (AvgIpc) is 3.35. The van der Waals surface area contributed by atoms with Gasteiger partial charge in [-0.3, -0.25) is 14.5 Å². The van der Waals surface area contributed by atoms with Crippen LogP contribution in [0, 0.1) is 5.82 Å². The van der Waals surface area contributed by atoms with E-state index in [0.717, 1.165) is 32.1 Å². The maximum absolute atomic E-state index is 15.3. The number of nitrogens with zero attached hydrogens (tertiary/aromatic N) is 4. The summed E-state index contributed by atoms with van der Waals surface area (Å²) in [5.74, 6) is -0.821. The highest BCUT2D eigenvalue weighted by Gasteiger charge is 2.36. The van der Waals surface area contributed by atoms with Gasteiger partial charge in [0.2, 0.25) is 11.8 Å². The van der Waals surface area contributed by atoms with Crippen LogP contribution in [0.25, 0.3) is 11.0 Å². The second-order valence-electron chi connectivity index (χ2n) is 9.47. The van der Waals surface area contributed by atoms with Gasteiger partial charge in [0.1, 0.15) is 29.7 Å². The quantitative estimate of drug-likeness (QED) is 0.364. The summed E-state index contributed by atoms with van der Waals surface area (Å²) in [6, 6.07) is 19.0. The molecule has 9 heteroatoms. The van der Waals surface area contributed by atoms with Gasteiger partial charge in [-0.15, -0.1) is 5.10 Å². The van der Waals surface area contributed by atoms with Crippen LogP contribution in [0.4, 0.5) is 10.1 Å². The Morgan fingerprint density at radius 2 is 1.74 bits per heavy atom. The Balaban J connectivity index is 1.57. The highest BCUT2D eigenvalue weighted by molar-refractivity contribution is 6.01. The molecule has 1 unspecified atom stereocenters. The van der Waals surface area contributed by atoms with E-state index in [4.69, 9.17) is 4.74 Å². The number of anilines is 1. The Kier molecular flexibility index (Phi) is 7.62. The molecule has 3 aromatic carbocycles. The van der Waals surface area contributed by atoms with Crippen LogP contribution in [0.15, 0.2) is 72.8 Å². The van der Waals surface area contributed by atoms with E-state index < -0.39 is 23.7 Å². The summed E-state index contributed by atoms with van der Waals surface area (Å²) in [5, 5.41) is 11.4. The van der Waals surface area contributed by atoms with Crippen LogP contribution in [0.2, 0.25) is 0 Å². The molecule has 1 aromatic heterocycles. The van der Waals surface area contributed by atoms with Gasteiger partial charge in [0, 0.05) is 17.3 Å². The molecule has 0 saturated heterocycles. The van der Waals surface area contributed by atoms with Crippen molar-refractivity contribution in [2.75, 3.05) is 12.0 Å². The molecule has 0 spiro atoms. The molecule has 0 radical (unpaired) electrons. The summed E-state index contributed by atoms with van der Waals surface area (Å²) >= 11 is 0. The third kappa shape index (κ3) is 5.37. The van der Waals surface area contributed by atoms with E-state index in [9.17, 15) is 9.59 Å². The minimum absolute atomic E-state index is 0.0161. The molecule has 1 aliphatic rings. The topological polar surface area (TPSA) is 89.3 Å². The molecule has 1 heterocycles. The van der Waals surface area contributed by atoms with Gasteiger partial charge in [0.15, 0.2) is 0 Å². The van der Waals surface area contributed by atoms with Crippen molar-refractivity contribution in [2.45, 2.75) is 50.7 Å². The third-order valence-electron chi connectivity index (χ3n) is 6.98. The smallest absolute Gasteiger partial charge is 0.249 e. The predicted octanol–water partition coefficient (Wildman–Crippen LogP) is 4.80. The highest BCUT2D eigenvalue weighted by atomic mass is 19.1. The lowest BCUT2D eigenvalue weighted by molar-refractivity contribution is -0.127. The first kappa shape index (κ1) is 25.4. The zero-order valence-corrected chi connectivity index (χ0v) is 21.2. The van der Waals surface area contributed by atoms with Crippen LogP contribution in [0.3, 0.4) is 0 Å². The summed E-state index contributed by atoms with van der Waals surface area (Å²) < 4.78 is 22.0. The van der Waals surface area contributed by atoms with Crippen LogP contribution >= 0.6 is 0 Å². The van der Waals surface area contributed by atoms with Crippen molar-refractivity contribution in [3.63, 3.8) is 0 Å². The van der Waals surface area contributed by atoms with E-state index in [0.29, 0.717) is 22.5 Å². The number of halogens is 1. The normalized spacial score (nSPS) is 14.7. The number of hydrogen-bond acceptors (Lipinski definition) is 5. The van der Waals surface area contributed by atoms with Crippen LogP contribution in [0.1, 0.15) is 43.7 Å². The summed E-state index contributed by atoms with van der Waals surface area (Å²) in [6.07, 6.45) is 4.89. The van der Waals surface area contributed by atoms with Crippen LogP contribution in [-0.2, 0) is 16.1 Å². The summed E-state index contributed by atoms with van der Waals surface area (Å²) in [5.41, 5.74) is 1.89. The molecule has 1 N–H and O–H groups in total. The first-order valence-corrected chi connectivity index (χ1v) is 12.8. The standard InChI is InChI=1S/C29H30FN5O3/c1-38-22-17-15-21(16-18-22)35(27(36)19-34-26-14-8-7-13-25(26)32-33-34)28(23-11-5-6-12-24(23)30)29(37)31-20-9-3-2-4-10-20/h5-8,11-18,20,28H,2-4,9-10,19H2,1H3,(H,31,37). The fourth-order valence-corrected chi connectivity index (χ4v) is 5.04. The monoisotopic (exact) mass is 515 g/mol. The van der Waals surface area contributed by atoms with Crippen molar-refractivity contribution in [2.24, 2.45) is 0 Å². The fraction of sp³-hybridized carbons (Fsp3) is 0.310. The molecule has 196 valence electrons. The average molecular weight is 516 g/mol. The maximum atomic E-state index is 15.3. The molecule has 4 aromatic rings. The number of carbonyl (C=O) groups is 2. The highest BCUT2D eigenvalue weighted by Crippen LogP contribution is 2.32. The van der Waals surface area contributed by atoms with E-state index in [2.05, 4.69) is 15.6 Å². The molecule has 1 aliphatic carbocycles. The zero-order valence-electron chi connectivity index (χ0n) is 21.2. The lowest BCUT2D eigenvalue weighted by atomic mass is 9.94. The first-order valence-electron chi connectivity index (χ1n) is 12.8. The second-order valence-corrected chi connectivity index (χ2v) is 9.47. The van der Waals surface area contributed by atoms with E-state index in [1.165, 1.54) is 15.6 Å². The molecule has 1 fully saturated rings. The number of para-hydroxylation sites is 1. The van der Waals surface area contributed by atoms with E-state index >= 15 is 4.39 Å².